The topological polar surface area (TPSA) is 66.0 Å². The molecule has 1 fully saturated rings. The van der Waals surface area contributed by atoms with E-state index in [1.54, 1.807) is 21.3 Å². The van der Waals surface area contributed by atoms with E-state index in [1.807, 2.05) is 36.4 Å². The molecule has 0 aromatic heterocycles. The Hall–Kier alpha value is -2.73. The molecule has 30 heavy (non-hydrogen) atoms. The van der Waals surface area contributed by atoms with Crippen molar-refractivity contribution in [3.05, 3.63) is 53.1 Å². The van der Waals surface area contributed by atoms with Crippen molar-refractivity contribution in [1.29, 1.82) is 0 Å². The monoisotopic (exact) mass is 411 g/mol. The van der Waals surface area contributed by atoms with Crippen molar-refractivity contribution >= 4 is 5.91 Å². The van der Waals surface area contributed by atoms with Gasteiger partial charge in [-0.05, 0) is 66.6 Å². The highest BCUT2D eigenvalue weighted by Crippen LogP contribution is 2.41. The molecule has 1 saturated heterocycles. The van der Waals surface area contributed by atoms with Crippen LogP contribution in [-0.4, -0.2) is 40.5 Å². The Labute approximate surface area is 177 Å². The van der Waals surface area contributed by atoms with Gasteiger partial charge in [-0.2, -0.15) is 0 Å². The first-order chi connectivity index (χ1) is 14.6. The van der Waals surface area contributed by atoms with Gasteiger partial charge in [-0.15, -0.1) is 0 Å². The van der Waals surface area contributed by atoms with Crippen LogP contribution in [0.15, 0.2) is 36.4 Å². The van der Waals surface area contributed by atoms with Crippen LogP contribution in [0.5, 0.6) is 17.2 Å². The van der Waals surface area contributed by atoms with E-state index < -0.39 is 5.41 Å². The molecule has 1 amide bonds. The second-order valence-electron chi connectivity index (χ2n) is 7.89. The fourth-order valence-corrected chi connectivity index (χ4v) is 4.66. The number of methoxy groups -OCH3 is 3. The molecule has 0 saturated carbocycles. The molecule has 1 atom stereocenters. The van der Waals surface area contributed by atoms with Crippen molar-refractivity contribution in [2.24, 2.45) is 0 Å². The van der Waals surface area contributed by atoms with Crippen LogP contribution in [0.4, 0.5) is 0 Å². The van der Waals surface area contributed by atoms with Gasteiger partial charge in [0.15, 0.2) is 11.5 Å². The Bertz CT molecular complexity index is 903. The molecular formula is C24H29NO5. The predicted octanol–water partition coefficient (Wildman–Crippen LogP) is 3.56. The van der Waals surface area contributed by atoms with Crippen molar-refractivity contribution in [2.75, 3.05) is 34.5 Å². The number of hydrogen-bond acceptors (Lipinski definition) is 5. The molecule has 1 unspecified atom stereocenters. The second-order valence-corrected chi connectivity index (χ2v) is 7.89. The number of fused-ring (bicyclic) bond motifs is 1. The Balaban J connectivity index is 1.62. The number of hydrogen-bond donors (Lipinski definition) is 1. The first-order valence-corrected chi connectivity index (χ1v) is 10.4. The summed E-state index contributed by atoms with van der Waals surface area (Å²) in [5.41, 5.74) is 2.72. The largest absolute Gasteiger partial charge is 0.497 e. The van der Waals surface area contributed by atoms with E-state index in [1.165, 1.54) is 5.56 Å². The highest BCUT2D eigenvalue weighted by atomic mass is 16.5. The molecule has 0 radical (unpaired) electrons. The van der Waals surface area contributed by atoms with Crippen LogP contribution in [0, 0.1) is 0 Å². The lowest BCUT2D eigenvalue weighted by molar-refractivity contribution is -0.131. The summed E-state index contributed by atoms with van der Waals surface area (Å²) in [5.74, 6) is 2.26. The van der Waals surface area contributed by atoms with E-state index in [0.717, 1.165) is 35.5 Å². The lowest BCUT2D eigenvalue weighted by atomic mass is 9.73. The fraction of sp³-hybridized carbons (Fsp3) is 0.458. The average Bonchev–Trinajstić information content (AvgIpc) is 3.19. The van der Waals surface area contributed by atoms with Crippen molar-refractivity contribution in [2.45, 2.75) is 37.1 Å². The molecule has 6 nitrogen and oxygen atoms in total. The smallest absolute Gasteiger partial charge is 0.231 e. The summed E-state index contributed by atoms with van der Waals surface area (Å²) in [6.07, 6.45) is 3.10. The predicted molar refractivity (Wildman–Crippen MR) is 113 cm³/mol. The quantitative estimate of drug-likeness (QED) is 0.787. The van der Waals surface area contributed by atoms with Crippen molar-refractivity contribution < 1.29 is 23.7 Å². The maximum Gasteiger partial charge on any atom is 0.231 e. The van der Waals surface area contributed by atoms with Crippen LogP contribution >= 0.6 is 0 Å². The van der Waals surface area contributed by atoms with Gasteiger partial charge in [-0.25, -0.2) is 0 Å². The van der Waals surface area contributed by atoms with Gasteiger partial charge in [0.25, 0.3) is 0 Å². The normalized spacial score (nSPS) is 19.6. The van der Waals surface area contributed by atoms with Crippen LogP contribution in [0.3, 0.4) is 0 Å². The molecule has 1 aliphatic heterocycles. The number of carbonyl (C=O) groups excluding carboxylic acids is 1. The Morgan fingerprint density at radius 1 is 1.00 bits per heavy atom. The third-order valence-electron chi connectivity index (χ3n) is 6.45. The molecule has 2 aliphatic rings. The van der Waals surface area contributed by atoms with E-state index in [2.05, 4.69) is 5.32 Å². The van der Waals surface area contributed by atoms with Crippen molar-refractivity contribution in [1.82, 2.24) is 5.32 Å². The maximum absolute atomic E-state index is 13.7. The van der Waals surface area contributed by atoms with Crippen LogP contribution < -0.4 is 19.5 Å². The van der Waals surface area contributed by atoms with E-state index in [4.69, 9.17) is 18.9 Å². The summed E-state index contributed by atoms with van der Waals surface area (Å²) in [6, 6.07) is 11.8. The van der Waals surface area contributed by atoms with E-state index in [0.29, 0.717) is 31.8 Å². The van der Waals surface area contributed by atoms with Crippen LogP contribution in [0.1, 0.15) is 42.0 Å². The number of rotatable bonds is 6. The number of aryl methyl sites for hydroxylation is 1. The molecule has 4 rings (SSSR count). The summed E-state index contributed by atoms with van der Waals surface area (Å²) in [7, 11) is 4.92. The van der Waals surface area contributed by atoms with Crippen molar-refractivity contribution in [3.8, 4) is 17.2 Å². The molecular weight excluding hydrogens is 382 g/mol. The van der Waals surface area contributed by atoms with E-state index in [-0.39, 0.29) is 11.9 Å². The van der Waals surface area contributed by atoms with E-state index >= 15 is 0 Å². The third kappa shape index (κ3) is 3.60. The molecule has 2 aromatic rings. The minimum Gasteiger partial charge on any atom is -0.497 e. The van der Waals surface area contributed by atoms with Gasteiger partial charge < -0.3 is 24.3 Å². The molecule has 0 bridgehead atoms. The highest BCUT2D eigenvalue weighted by molar-refractivity contribution is 5.89. The van der Waals surface area contributed by atoms with Gasteiger partial charge in [0, 0.05) is 13.2 Å². The SMILES string of the molecule is COc1ccc(C2(C(=O)NC3CCc4cc(OC)c(OC)cc43)CCOCC2)cc1. The molecule has 1 N–H and O–H groups in total. The van der Waals surface area contributed by atoms with Gasteiger partial charge >= 0.3 is 0 Å². The number of nitrogens with one attached hydrogen (secondary N) is 1. The van der Waals surface area contributed by atoms with Gasteiger partial charge in [0.1, 0.15) is 5.75 Å². The fourth-order valence-electron chi connectivity index (χ4n) is 4.66. The zero-order valence-electron chi connectivity index (χ0n) is 17.8. The zero-order chi connectivity index (χ0) is 21.1. The summed E-state index contributed by atoms with van der Waals surface area (Å²) >= 11 is 0. The Morgan fingerprint density at radius 3 is 2.30 bits per heavy atom. The standard InChI is InChI=1S/C24H29NO5/c1-27-18-7-5-17(6-8-18)24(10-12-30-13-11-24)23(26)25-20-9-4-16-14-21(28-2)22(29-3)15-19(16)20/h5-8,14-15,20H,4,9-13H2,1-3H3,(H,25,26). The average molecular weight is 411 g/mol. The molecule has 2 aromatic carbocycles. The van der Waals surface area contributed by atoms with Crippen LogP contribution in [-0.2, 0) is 21.4 Å². The number of amides is 1. The summed E-state index contributed by atoms with van der Waals surface area (Å²) < 4.78 is 21.8. The molecule has 160 valence electrons. The lowest BCUT2D eigenvalue weighted by Crippen LogP contribution is -2.48. The minimum atomic E-state index is -0.593. The first-order valence-electron chi connectivity index (χ1n) is 10.4. The summed E-state index contributed by atoms with van der Waals surface area (Å²) in [4.78, 5) is 13.7. The lowest BCUT2D eigenvalue weighted by Gasteiger charge is -2.37. The Kier molecular flexibility index (Phi) is 5.86. The Morgan fingerprint density at radius 2 is 1.67 bits per heavy atom. The van der Waals surface area contributed by atoms with Gasteiger partial charge in [-0.1, -0.05) is 12.1 Å². The molecule has 6 heteroatoms. The summed E-state index contributed by atoms with van der Waals surface area (Å²) in [6.45, 7) is 1.15. The van der Waals surface area contributed by atoms with Crippen LogP contribution in [0.25, 0.3) is 0 Å². The van der Waals surface area contributed by atoms with Crippen molar-refractivity contribution in [3.63, 3.8) is 0 Å². The maximum atomic E-state index is 13.7. The zero-order valence-corrected chi connectivity index (χ0v) is 17.8. The first kappa shape index (κ1) is 20.5. The van der Waals surface area contributed by atoms with Gasteiger partial charge in [0.05, 0.1) is 32.8 Å². The van der Waals surface area contributed by atoms with Gasteiger partial charge in [-0.3, -0.25) is 4.79 Å². The van der Waals surface area contributed by atoms with Crippen LogP contribution in [0.2, 0.25) is 0 Å². The molecule has 1 heterocycles. The summed E-state index contributed by atoms with van der Waals surface area (Å²) in [5, 5.41) is 3.34. The minimum absolute atomic E-state index is 0.0368. The molecule has 1 aliphatic carbocycles. The van der Waals surface area contributed by atoms with E-state index in [9.17, 15) is 4.79 Å². The number of carbonyl (C=O) groups is 1. The second kappa shape index (κ2) is 8.56. The highest BCUT2D eigenvalue weighted by Gasteiger charge is 2.43. The number of benzene rings is 2. The third-order valence-corrected chi connectivity index (χ3v) is 6.45. The molecule has 0 spiro atoms. The van der Waals surface area contributed by atoms with Gasteiger partial charge in [0.2, 0.25) is 5.91 Å². The number of ether oxygens (including phenoxy) is 4.